The highest BCUT2D eigenvalue weighted by Crippen LogP contribution is 2.55. The van der Waals surface area contributed by atoms with E-state index in [1.165, 1.54) is 12.0 Å². The number of hydrogen-bond acceptors (Lipinski definition) is 5. The Hall–Kier alpha value is -2.91. The Morgan fingerprint density at radius 1 is 1.05 bits per heavy atom. The lowest BCUT2D eigenvalue weighted by molar-refractivity contribution is -0.141. The Morgan fingerprint density at radius 3 is 2.49 bits per heavy atom. The summed E-state index contributed by atoms with van der Waals surface area (Å²) in [4.78, 5) is 45.8. The number of nitrogens with one attached hydrogen (secondary N) is 2. The summed E-state index contributed by atoms with van der Waals surface area (Å²) >= 11 is 12.3. The molecule has 2 N–H and O–H groups in total. The van der Waals surface area contributed by atoms with E-state index in [0.717, 1.165) is 38.8 Å². The summed E-state index contributed by atoms with van der Waals surface area (Å²) in [6.45, 7) is 1.92. The molecule has 8 nitrogen and oxygen atoms in total. The average Bonchev–Trinajstić information content (AvgIpc) is 3.61. The summed E-state index contributed by atoms with van der Waals surface area (Å²) in [5, 5.41) is 6.91. The minimum absolute atomic E-state index is 0.0833. The van der Waals surface area contributed by atoms with Gasteiger partial charge in [-0.25, -0.2) is 0 Å². The van der Waals surface area contributed by atoms with E-state index in [2.05, 4.69) is 34.7 Å². The normalized spacial score (nSPS) is 28.0. The molecule has 2 bridgehead atoms. The minimum atomic E-state index is -1.19. The summed E-state index contributed by atoms with van der Waals surface area (Å²) < 4.78 is 6.47. The summed E-state index contributed by atoms with van der Waals surface area (Å²) in [6, 6.07) is 14.3. The minimum Gasteiger partial charge on any atom is -0.359 e. The average molecular weight is 626 g/mol. The molecule has 0 unspecified atom stereocenters. The van der Waals surface area contributed by atoms with Crippen molar-refractivity contribution >= 4 is 46.6 Å². The molecule has 3 amide bonds. The van der Waals surface area contributed by atoms with Gasteiger partial charge in [0.05, 0.1) is 17.9 Å². The van der Waals surface area contributed by atoms with Crippen molar-refractivity contribution in [2.75, 3.05) is 25.5 Å². The third kappa shape index (κ3) is 6.07. The molecule has 1 aliphatic carbocycles. The van der Waals surface area contributed by atoms with E-state index in [1.807, 2.05) is 30.4 Å². The fourth-order valence-corrected chi connectivity index (χ4v) is 7.90. The number of likely N-dealkylation sites (tertiary alicyclic amines) is 1. The van der Waals surface area contributed by atoms with Gasteiger partial charge in [0.25, 0.3) is 0 Å². The molecule has 1 saturated carbocycles. The molecule has 6 rings (SSSR count). The number of fused-ring (bicyclic) bond motifs is 1. The summed E-state index contributed by atoms with van der Waals surface area (Å²) in [6.07, 6.45) is 8.94. The van der Waals surface area contributed by atoms with Gasteiger partial charge in [0, 0.05) is 34.9 Å². The van der Waals surface area contributed by atoms with Gasteiger partial charge in [-0.05, 0) is 56.6 Å². The van der Waals surface area contributed by atoms with Crippen LogP contribution in [-0.2, 0) is 25.7 Å². The standard InChI is InChI=1S/C33H38Cl2N4O4/c1-38(20-21-9-4-2-5-10-21)15-8-16-39-29(31(41)36-24-11-6-3-7-12-24)33-14-13-26(43-33)27(28(33)32(39)42)30(40)37-25-18-22(34)17-23(35)19-25/h2,4-5,9-10,13-14,17-19,24,26-29H,3,6-8,11-12,15-16,20H2,1H3,(H,36,41)(H,37,40)/t26-,27-,28-,29+,33+/m1/s1. The quantitative estimate of drug-likeness (QED) is 0.361. The second-order valence-corrected chi connectivity index (χ2v) is 13.2. The van der Waals surface area contributed by atoms with Gasteiger partial charge >= 0.3 is 0 Å². The molecular formula is C33H38Cl2N4O4. The molecule has 5 atom stereocenters. The monoisotopic (exact) mass is 624 g/mol. The van der Waals surface area contributed by atoms with Crippen molar-refractivity contribution in [2.45, 2.75) is 68.9 Å². The number of hydrogen-bond donors (Lipinski definition) is 2. The Labute approximate surface area is 262 Å². The smallest absolute Gasteiger partial charge is 0.246 e. The van der Waals surface area contributed by atoms with Gasteiger partial charge in [0.15, 0.2) is 0 Å². The van der Waals surface area contributed by atoms with Crippen LogP contribution < -0.4 is 10.6 Å². The van der Waals surface area contributed by atoms with Gasteiger partial charge in [-0.1, -0.05) is 84.9 Å². The lowest BCUT2D eigenvalue weighted by atomic mass is 9.74. The van der Waals surface area contributed by atoms with E-state index in [-0.39, 0.29) is 23.8 Å². The molecule has 10 heteroatoms. The SMILES string of the molecule is CN(CCCN1C(=O)[C@H]2[C@H](C(=O)Nc3cc(Cl)cc(Cl)c3)[C@H]3C=C[C@@]2(O3)[C@@H]1C(=O)NC1CCCCC1)Cc1ccccc1. The van der Waals surface area contributed by atoms with Crippen LogP contribution in [0.4, 0.5) is 5.69 Å². The van der Waals surface area contributed by atoms with Crippen LogP contribution in [0.1, 0.15) is 44.1 Å². The fraction of sp³-hybridized carbons (Fsp3) is 0.485. The lowest BCUT2D eigenvalue weighted by Gasteiger charge is -2.34. The van der Waals surface area contributed by atoms with Crippen molar-refractivity contribution in [3.63, 3.8) is 0 Å². The van der Waals surface area contributed by atoms with Crippen molar-refractivity contribution in [3.8, 4) is 0 Å². The molecular weight excluding hydrogens is 587 g/mol. The zero-order chi connectivity index (χ0) is 30.1. The number of carbonyl (C=O) groups is 3. The van der Waals surface area contributed by atoms with Crippen molar-refractivity contribution in [1.82, 2.24) is 15.1 Å². The first-order chi connectivity index (χ1) is 20.7. The van der Waals surface area contributed by atoms with E-state index in [1.54, 1.807) is 23.1 Å². The van der Waals surface area contributed by atoms with E-state index in [0.29, 0.717) is 28.7 Å². The van der Waals surface area contributed by atoms with Crippen LogP contribution in [0.5, 0.6) is 0 Å². The molecule has 2 saturated heterocycles. The molecule has 3 fully saturated rings. The number of carbonyl (C=O) groups excluding carboxylic acids is 3. The van der Waals surface area contributed by atoms with E-state index < -0.39 is 29.6 Å². The van der Waals surface area contributed by atoms with E-state index in [9.17, 15) is 14.4 Å². The molecule has 4 aliphatic rings. The third-order valence-electron chi connectivity index (χ3n) is 9.24. The molecule has 43 heavy (non-hydrogen) atoms. The highest BCUT2D eigenvalue weighted by Gasteiger charge is 2.72. The van der Waals surface area contributed by atoms with Crippen LogP contribution >= 0.6 is 23.2 Å². The molecule has 3 heterocycles. The molecule has 0 aromatic heterocycles. The molecule has 2 aromatic rings. The van der Waals surface area contributed by atoms with Crippen LogP contribution in [0.3, 0.4) is 0 Å². The number of nitrogens with zero attached hydrogens (tertiary/aromatic N) is 2. The number of halogens is 2. The van der Waals surface area contributed by atoms with Crippen LogP contribution in [0.2, 0.25) is 10.0 Å². The van der Waals surface area contributed by atoms with Crippen molar-refractivity contribution in [3.05, 3.63) is 76.3 Å². The maximum atomic E-state index is 14.2. The van der Waals surface area contributed by atoms with Gasteiger partial charge in [-0.2, -0.15) is 0 Å². The highest BCUT2D eigenvalue weighted by molar-refractivity contribution is 6.35. The van der Waals surface area contributed by atoms with Gasteiger partial charge in [-0.3, -0.25) is 14.4 Å². The zero-order valence-corrected chi connectivity index (χ0v) is 25.8. The maximum Gasteiger partial charge on any atom is 0.246 e. The largest absolute Gasteiger partial charge is 0.359 e. The lowest BCUT2D eigenvalue weighted by Crippen LogP contribution is -2.56. The number of anilines is 1. The Morgan fingerprint density at radius 2 is 1.77 bits per heavy atom. The van der Waals surface area contributed by atoms with Gasteiger partial charge in [0.2, 0.25) is 17.7 Å². The summed E-state index contributed by atoms with van der Waals surface area (Å²) in [5.41, 5.74) is 0.467. The fourth-order valence-electron chi connectivity index (χ4n) is 7.37. The third-order valence-corrected chi connectivity index (χ3v) is 9.68. The Bertz CT molecular complexity index is 1380. The first-order valence-corrected chi connectivity index (χ1v) is 16.0. The van der Waals surface area contributed by atoms with Gasteiger partial charge < -0.3 is 25.2 Å². The Kier molecular flexibility index (Phi) is 8.83. The zero-order valence-electron chi connectivity index (χ0n) is 24.3. The second kappa shape index (κ2) is 12.6. The van der Waals surface area contributed by atoms with Crippen LogP contribution in [0, 0.1) is 11.8 Å². The number of benzene rings is 2. The molecule has 1 spiro atoms. The number of rotatable bonds is 10. The van der Waals surface area contributed by atoms with Crippen LogP contribution in [0.25, 0.3) is 0 Å². The van der Waals surface area contributed by atoms with Crippen molar-refractivity contribution < 1.29 is 19.1 Å². The van der Waals surface area contributed by atoms with Gasteiger partial charge in [0.1, 0.15) is 11.6 Å². The predicted octanol–water partition coefficient (Wildman–Crippen LogP) is 5.05. The van der Waals surface area contributed by atoms with Crippen LogP contribution in [-0.4, -0.2) is 71.4 Å². The highest BCUT2D eigenvalue weighted by atomic mass is 35.5. The molecule has 2 aromatic carbocycles. The van der Waals surface area contributed by atoms with Crippen molar-refractivity contribution in [2.24, 2.45) is 11.8 Å². The van der Waals surface area contributed by atoms with Crippen LogP contribution in [0.15, 0.2) is 60.7 Å². The predicted molar refractivity (Wildman–Crippen MR) is 167 cm³/mol. The first-order valence-electron chi connectivity index (χ1n) is 15.2. The van der Waals surface area contributed by atoms with Gasteiger partial charge in [-0.15, -0.1) is 0 Å². The van der Waals surface area contributed by atoms with Crippen molar-refractivity contribution in [1.29, 1.82) is 0 Å². The topological polar surface area (TPSA) is 91.0 Å². The van der Waals surface area contributed by atoms with E-state index in [4.69, 9.17) is 27.9 Å². The summed E-state index contributed by atoms with van der Waals surface area (Å²) in [7, 11) is 2.05. The molecule has 0 radical (unpaired) electrons. The number of ether oxygens (including phenoxy) is 1. The second-order valence-electron chi connectivity index (χ2n) is 12.3. The summed E-state index contributed by atoms with van der Waals surface area (Å²) in [5.74, 6) is -2.37. The maximum absolute atomic E-state index is 14.2. The Balaban J connectivity index is 1.22. The molecule has 228 valence electrons. The molecule has 3 aliphatic heterocycles. The van der Waals surface area contributed by atoms with E-state index >= 15 is 0 Å². The number of amides is 3. The first kappa shape index (κ1) is 30.1.